The molecule has 0 aliphatic carbocycles. The second kappa shape index (κ2) is 8.35. The van der Waals surface area contributed by atoms with Crippen molar-refractivity contribution >= 4 is 28.3 Å². The summed E-state index contributed by atoms with van der Waals surface area (Å²) < 4.78 is 0. The maximum Gasteiger partial charge on any atom is 0.115 e. The predicted octanol–water partition coefficient (Wildman–Crippen LogP) is 5.20. The summed E-state index contributed by atoms with van der Waals surface area (Å²) in [6.45, 7) is 2.00. The predicted molar refractivity (Wildman–Crippen MR) is 96.7 cm³/mol. The zero-order valence-electron chi connectivity index (χ0n) is 12.7. The van der Waals surface area contributed by atoms with E-state index in [0.29, 0.717) is 5.75 Å². The molecular formula is C21H18O2. The second-order valence-electron chi connectivity index (χ2n) is 4.88. The van der Waals surface area contributed by atoms with E-state index in [2.05, 4.69) is 60.7 Å². The standard InChI is InChI=1S/C14H10.C6H6O.CH2O/c1-2-6-12-10-14-8-4-3-7-13(14)9-11(12)5-1;7-6-4-2-1-3-5-6;1-2/h1-10H;1-5,7H;1H2. The molecule has 0 unspecified atom stereocenters. The van der Waals surface area contributed by atoms with E-state index in [1.807, 2.05) is 12.9 Å². The molecule has 0 amide bonds. The summed E-state index contributed by atoms with van der Waals surface area (Å²) in [6.07, 6.45) is 0. The molecule has 2 nitrogen and oxygen atoms in total. The van der Waals surface area contributed by atoms with Crippen LogP contribution in [-0.2, 0) is 4.79 Å². The maximum absolute atomic E-state index is 8.63. The van der Waals surface area contributed by atoms with Crippen molar-refractivity contribution in [1.82, 2.24) is 0 Å². The molecule has 0 aliphatic rings. The van der Waals surface area contributed by atoms with E-state index in [9.17, 15) is 0 Å². The van der Waals surface area contributed by atoms with Crippen LogP contribution in [0, 0.1) is 0 Å². The Morgan fingerprint density at radius 1 is 0.522 bits per heavy atom. The number of hydrogen-bond donors (Lipinski definition) is 1. The Bertz CT molecular complexity index is 765. The highest BCUT2D eigenvalue weighted by Gasteiger charge is 1.95. The minimum Gasteiger partial charge on any atom is -0.508 e. The molecule has 4 rings (SSSR count). The SMILES string of the molecule is C=O.Oc1ccccc1.c1ccc2cc3ccccc3cc2c1. The van der Waals surface area contributed by atoms with Crippen LogP contribution in [0.15, 0.2) is 91.0 Å². The summed E-state index contributed by atoms with van der Waals surface area (Å²) >= 11 is 0. The van der Waals surface area contributed by atoms with Gasteiger partial charge in [0.15, 0.2) is 0 Å². The van der Waals surface area contributed by atoms with Crippen LogP contribution < -0.4 is 0 Å². The smallest absolute Gasteiger partial charge is 0.115 e. The normalized spacial score (nSPS) is 9.39. The molecular weight excluding hydrogens is 284 g/mol. The fourth-order valence-corrected chi connectivity index (χ4v) is 2.31. The van der Waals surface area contributed by atoms with Crippen LogP contribution in [0.3, 0.4) is 0 Å². The molecule has 0 heterocycles. The summed E-state index contributed by atoms with van der Waals surface area (Å²) in [5.41, 5.74) is 0. The topological polar surface area (TPSA) is 37.3 Å². The minimum absolute atomic E-state index is 0.322. The lowest BCUT2D eigenvalue weighted by atomic mass is 10.0. The van der Waals surface area contributed by atoms with Gasteiger partial charge in [-0.3, -0.25) is 0 Å². The van der Waals surface area contributed by atoms with Crippen molar-refractivity contribution in [3.8, 4) is 5.75 Å². The van der Waals surface area contributed by atoms with E-state index in [-0.39, 0.29) is 0 Å². The van der Waals surface area contributed by atoms with Gasteiger partial charge in [0, 0.05) is 0 Å². The third-order valence-corrected chi connectivity index (χ3v) is 3.37. The highest BCUT2D eigenvalue weighted by atomic mass is 16.3. The summed E-state index contributed by atoms with van der Waals surface area (Å²) in [7, 11) is 0. The lowest BCUT2D eigenvalue weighted by Gasteiger charge is -2.00. The van der Waals surface area contributed by atoms with E-state index in [1.165, 1.54) is 21.5 Å². The van der Waals surface area contributed by atoms with Crippen LogP contribution in [0.4, 0.5) is 0 Å². The molecule has 0 saturated carbocycles. The Morgan fingerprint density at radius 2 is 0.826 bits per heavy atom. The van der Waals surface area contributed by atoms with Crippen molar-refractivity contribution in [2.45, 2.75) is 0 Å². The number of rotatable bonds is 0. The van der Waals surface area contributed by atoms with Crippen LogP contribution in [0.25, 0.3) is 21.5 Å². The molecule has 0 spiro atoms. The molecule has 0 aromatic heterocycles. The summed E-state index contributed by atoms with van der Waals surface area (Å²) in [6, 6.07) is 30.1. The van der Waals surface area contributed by atoms with Crippen molar-refractivity contribution in [3.05, 3.63) is 91.0 Å². The van der Waals surface area contributed by atoms with Crippen molar-refractivity contribution in [2.24, 2.45) is 0 Å². The van der Waals surface area contributed by atoms with Gasteiger partial charge in [-0.05, 0) is 45.8 Å². The summed E-state index contributed by atoms with van der Waals surface area (Å²) in [5, 5.41) is 13.9. The van der Waals surface area contributed by atoms with Crippen molar-refractivity contribution in [1.29, 1.82) is 0 Å². The van der Waals surface area contributed by atoms with Gasteiger partial charge < -0.3 is 9.90 Å². The first-order chi connectivity index (χ1) is 11.3. The van der Waals surface area contributed by atoms with Gasteiger partial charge in [0.1, 0.15) is 12.5 Å². The Morgan fingerprint density at radius 3 is 1.09 bits per heavy atom. The number of benzene rings is 4. The minimum atomic E-state index is 0.322. The van der Waals surface area contributed by atoms with E-state index < -0.39 is 0 Å². The third kappa shape index (κ3) is 4.42. The lowest BCUT2D eigenvalue weighted by molar-refractivity contribution is -0.0979. The number of carbonyl (C=O) groups excluding carboxylic acids is 1. The van der Waals surface area contributed by atoms with Gasteiger partial charge >= 0.3 is 0 Å². The molecule has 0 bridgehead atoms. The molecule has 4 aromatic rings. The molecule has 1 N–H and O–H groups in total. The first-order valence-corrected chi connectivity index (χ1v) is 7.23. The van der Waals surface area contributed by atoms with E-state index >= 15 is 0 Å². The zero-order valence-corrected chi connectivity index (χ0v) is 12.7. The molecule has 0 atom stereocenters. The fraction of sp³-hybridized carbons (Fsp3) is 0. The first kappa shape index (κ1) is 16.2. The average Bonchev–Trinajstić information content (AvgIpc) is 2.63. The van der Waals surface area contributed by atoms with Gasteiger partial charge in [0.05, 0.1) is 0 Å². The van der Waals surface area contributed by atoms with Gasteiger partial charge in [0.25, 0.3) is 0 Å². The number of carbonyl (C=O) groups is 1. The summed E-state index contributed by atoms with van der Waals surface area (Å²) in [4.78, 5) is 8.00. The number of hydrogen-bond acceptors (Lipinski definition) is 2. The van der Waals surface area contributed by atoms with Crippen LogP contribution in [0.1, 0.15) is 0 Å². The highest BCUT2D eigenvalue weighted by molar-refractivity contribution is 5.98. The summed E-state index contributed by atoms with van der Waals surface area (Å²) in [5.74, 6) is 0.322. The van der Waals surface area contributed by atoms with Gasteiger partial charge in [-0.15, -0.1) is 0 Å². The molecule has 0 fully saturated rings. The van der Waals surface area contributed by atoms with Crippen molar-refractivity contribution in [3.63, 3.8) is 0 Å². The van der Waals surface area contributed by atoms with Crippen LogP contribution >= 0.6 is 0 Å². The monoisotopic (exact) mass is 302 g/mol. The lowest BCUT2D eigenvalue weighted by Crippen LogP contribution is -1.74. The van der Waals surface area contributed by atoms with Gasteiger partial charge in [-0.25, -0.2) is 0 Å². The van der Waals surface area contributed by atoms with Crippen LogP contribution in [0.2, 0.25) is 0 Å². The molecule has 0 aliphatic heterocycles. The van der Waals surface area contributed by atoms with Crippen LogP contribution in [-0.4, -0.2) is 11.9 Å². The average molecular weight is 302 g/mol. The number of phenols is 1. The molecule has 114 valence electrons. The third-order valence-electron chi connectivity index (χ3n) is 3.37. The molecule has 0 saturated heterocycles. The van der Waals surface area contributed by atoms with Gasteiger partial charge in [-0.2, -0.15) is 0 Å². The first-order valence-electron chi connectivity index (χ1n) is 7.23. The number of aromatic hydroxyl groups is 1. The molecule has 4 aromatic carbocycles. The van der Waals surface area contributed by atoms with Crippen molar-refractivity contribution in [2.75, 3.05) is 0 Å². The van der Waals surface area contributed by atoms with Crippen LogP contribution in [0.5, 0.6) is 5.75 Å². The molecule has 23 heavy (non-hydrogen) atoms. The maximum atomic E-state index is 8.63. The molecule has 0 radical (unpaired) electrons. The number of para-hydroxylation sites is 1. The Labute approximate surface area is 135 Å². The second-order valence-corrected chi connectivity index (χ2v) is 4.88. The molecule has 2 heteroatoms. The van der Waals surface area contributed by atoms with E-state index in [4.69, 9.17) is 9.90 Å². The number of fused-ring (bicyclic) bond motifs is 2. The van der Waals surface area contributed by atoms with Gasteiger partial charge in [-0.1, -0.05) is 66.7 Å². The Hall–Kier alpha value is -3.13. The fourth-order valence-electron chi connectivity index (χ4n) is 2.31. The van der Waals surface area contributed by atoms with E-state index in [1.54, 1.807) is 24.3 Å². The Balaban J connectivity index is 0.000000181. The number of phenolic OH excluding ortho intramolecular Hbond substituents is 1. The Kier molecular flexibility index (Phi) is 5.89. The largest absolute Gasteiger partial charge is 0.508 e. The zero-order chi connectivity index (χ0) is 16.5. The van der Waals surface area contributed by atoms with E-state index in [0.717, 1.165) is 0 Å². The quantitative estimate of drug-likeness (QED) is 0.453. The highest BCUT2D eigenvalue weighted by Crippen LogP contribution is 2.21. The van der Waals surface area contributed by atoms with Gasteiger partial charge in [0.2, 0.25) is 0 Å². The van der Waals surface area contributed by atoms with Crippen molar-refractivity contribution < 1.29 is 9.90 Å².